The van der Waals surface area contributed by atoms with E-state index in [0.717, 1.165) is 4.31 Å². The summed E-state index contributed by atoms with van der Waals surface area (Å²) in [6, 6.07) is 7.46. The number of benzene rings is 1. The molecule has 0 aliphatic carbocycles. The standard InChI is InChI=1S/C16H21FN4O5S/c17-9-15(23)20(10-14(18)22)19-16(24)13-7-4-8-21(13)27(25,26)11-12-5-2-1-3-6-12/h1-3,5-6,13H,4,7-11H2,(H2,18,22)(H,19,24)/t13-/m0/s1. The first-order chi connectivity index (χ1) is 12.7. The highest BCUT2D eigenvalue weighted by atomic mass is 32.2. The molecule has 0 spiro atoms. The van der Waals surface area contributed by atoms with Gasteiger partial charge in [0.05, 0.1) is 5.75 Å². The second-order valence-electron chi connectivity index (χ2n) is 6.07. The third-order valence-corrected chi connectivity index (χ3v) is 5.88. The van der Waals surface area contributed by atoms with Crippen LogP contribution in [0, 0.1) is 0 Å². The summed E-state index contributed by atoms with van der Waals surface area (Å²) in [7, 11) is -3.79. The van der Waals surface area contributed by atoms with E-state index in [1.807, 2.05) is 0 Å². The Hall–Kier alpha value is -2.53. The normalized spacial score (nSPS) is 17.4. The van der Waals surface area contributed by atoms with Crippen molar-refractivity contribution in [2.45, 2.75) is 24.6 Å². The summed E-state index contributed by atoms with van der Waals surface area (Å²) in [4.78, 5) is 35.0. The predicted octanol–water partition coefficient (Wildman–Crippen LogP) is -0.705. The van der Waals surface area contributed by atoms with Crippen LogP contribution in [-0.2, 0) is 30.2 Å². The molecule has 3 amide bonds. The van der Waals surface area contributed by atoms with Gasteiger partial charge >= 0.3 is 0 Å². The molecule has 1 fully saturated rings. The average Bonchev–Trinajstić information content (AvgIpc) is 3.11. The Balaban J connectivity index is 2.12. The number of rotatable bonds is 7. The molecule has 0 unspecified atom stereocenters. The molecule has 11 heteroatoms. The highest BCUT2D eigenvalue weighted by Crippen LogP contribution is 2.23. The lowest BCUT2D eigenvalue weighted by Gasteiger charge is -2.27. The number of hydrogen-bond acceptors (Lipinski definition) is 5. The molecule has 1 aliphatic heterocycles. The van der Waals surface area contributed by atoms with Gasteiger partial charge in [-0.1, -0.05) is 30.3 Å². The van der Waals surface area contributed by atoms with Crippen molar-refractivity contribution in [3.05, 3.63) is 35.9 Å². The molecule has 1 atom stereocenters. The van der Waals surface area contributed by atoms with Gasteiger partial charge in [-0.3, -0.25) is 19.8 Å². The highest BCUT2D eigenvalue weighted by molar-refractivity contribution is 7.88. The van der Waals surface area contributed by atoms with E-state index in [1.165, 1.54) is 0 Å². The minimum absolute atomic E-state index is 0.153. The van der Waals surface area contributed by atoms with E-state index in [-0.39, 0.29) is 18.7 Å². The van der Waals surface area contributed by atoms with Gasteiger partial charge in [-0.15, -0.1) is 0 Å². The third kappa shape index (κ3) is 5.47. The topological polar surface area (TPSA) is 130 Å². The van der Waals surface area contributed by atoms with Gasteiger partial charge in [0.15, 0.2) is 6.67 Å². The number of alkyl halides is 1. The Labute approximate surface area is 156 Å². The highest BCUT2D eigenvalue weighted by Gasteiger charge is 2.39. The van der Waals surface area contributed by atoms with Crippen molar-refractivity contribution in [2.24, 2.45) is 5.73 Å². The molecule has 2 rings (SSSR count). The summed E-state index contributed by atoms with van der Waals surface area (Å²) in [5.74, 6) is -3.19. The van der Waals surface area contributed by atoms with Gasteiger partial charge in [0.2, 0.25) is 15.9 Å². The zero-order valence-corrected chi connectivity index (χ0v) is 15.3. The Bertz CT molecular complexity index is 802. The second-order valence-corrected chi connectivity index (χ2v) is 7.99. The number of nitrogens with zero attached hydrogens (tertiary/aromatic N) is 2. The van der Waals surface area contributed by atoms with Crippen LogP contribution < -0.4 is 11.2 Å². The van der Waals surface area contributed by atoms with Gasteiger partial charge in [0, 0.05) is 6.54 Å². The maximum atomic E-state index is 12.7. The monoisotopic (exact) mass is 400 g/mol. The molecule has 1 aliphatic rings. The van der Waals surface area contributed by atoms with E-state index in [4.69, 9.17) is 5.73 Å². The van der Waals surface area contributed by atoms with Crippen LogP contribution in [0.3, 0.4) is 0 Å². The summed E-state index contributed by atoms with van der Waals surface area (Å²) >= 11 is 0. The van der Waals surface area contributed by atoms with Crippen LogP contribution in [0.4, 0.5) is 4.39 Å². The van der Waals surface area contributed by atoms with E-state index in [0.29, 0.717) is 17.0 Å². The molecular weight excluding hydrogens is 379 g/mol. The predicted molar refractivity (Wildman–Crippen MR) is 93.8 cm³/mol. The Morgan fingerprint density at radius 3 is 2.52 bits per heavy atom. The smallest absolute Gasteiger partial charge is 0.272 e. The molecule has 3 N–H and O–H groups in total. The van der Waals surface area contributed by atoms with Gasteiger partial charge in [-0.2, -0.15) is 4.31 Å². The van der Waals surface area contributed by atoms with Gasteiger partial charge in [0.25, 0.3) is 11.8 Å². The van der Waals surface area contributed by atoms with E-state index in [2.05, 4.69) is 5.43 Å². The number of nitrogens with one attached hydrogen (secondary N) is 1. The zero-order chi connectivity index (χ0) is 20.0. The average molecular weight is 400 g/mol. The first kappa shape index (κ1) is 20.8. The fourth-order valence-electron chi connectivity index (χ4n) is 2.83. The molecule has 0 radical (unpaired) electrons. The zero-order valence-electron chi connectivity index (χ0n) is 14.5. The molecular formula is C16H21FN4O5S. The van der Waals surface area contributed by atoms with E-state index in [1.54, 1.807) is 30.3 Å². The Morgan fingerprint density at radius 1 is 1.26 bits per heavy atom. The molecule has 1 saturated heterocycles. The summed E-state index contributed by atoms with van der Waals surface area (Å²) in [5, 5.41) is 0.463. The van der Waals surface area contributed by atoms with Gasteiger partial charge < -0.3 is 5.73 Å². The van der Waals surface area contributed by atoms with Crippen molar-refractivity contribution >= 4 is 27.7 Å². The summed E-state index contributed by atoms with van der Waals surface area (Å²) < 4.78 is 39.1. The van der Waals surface area contributed by atoms with Crippen LogP contribution in [0.2, 0.25) is 0 Å². The minimum Gasteiger partial charge on any atom is -0.368 e. The van der Waals surface area contributed by atoms with Crippen LogP contribution in [0.5, 0.6) is 0 Å². The molecule has 1 aromatic carbocycles. The fraction of sp³-hybridized carbons (Fsp3) is 0.438. The Morgan fingerprint density at radius 2 is 1.93 bits per heavy atom. The number of sulfonamides is 1. The molecule has 1 heterocycles. The van der Waals surface area contributed by atoms with Gasteiger partial charge in [-0.05, 0) is 18.4 Å². The van der Waals surface area contributed by atoms with Crippen molar-refractivity contribution < 1.29 is 27.2 Å². The maximum Gasteiger partial charge on any atom is 0.272 e. The lowest BCUT2D eigenvalue weighted by Crippen LogP contribution is -2.55. The lowest BCUT2D eigenvalue weighted by molar-refractivity contribution is -0.145. The molecule has 148 valence electrons. The SMILES string of the molecule is NC(=O)CN(NC(=O)[C@@H]1CCCN1S(=O)(=O)Cc1ccccc1)C(=O)CF. The number of nitrogens with two attached hydrogens (primary N) is 1. The number of hydrogen-bond donors (Lipinski definition) is 2. The quantitative estimate of drug-likeness (QED) is 0.585. The molecule has 0 aromatic heterocycles. The fourth-order valence-corrected chi connectivity index (χ4v) is 4.60. The number of carbonyl (C=O) groups is 3. The first-order valence-corrected chi connectivity index (χ1v) is 9.84. The molecule has 0 bridgehead atoms. The maximum absolute atomic E-state index is 12.7. The number of primary amides is 1. The second kappa shape index (κ2) is 8.91. The van der Waals surface area contributed by atoms with Crippen molar-refractivity contribution in [1.29, 1.82) is 0 Å². The molecule has 27 heavy (non-hydrogen) atoms. The first-order valence-electron chi connectivity index (χ1n) is 8.23. The summed E-state index contributed by atoms with van der Waals surface area (Å²) in [6.07, 6.45) is 0.701. The summed E-state index contributed by atoms with van der Waals surface area (Å²) in [6.45, 7) is -1.99. The molecule has 0 saturated carbocycles. The van der Waals surface area contributed by atoms with E-state index in [9.17, 15) is 27.2 Å². The minimum atomic E-state index is -3.79. The van der Waals surface area contributed by atoms with Crippen molar-refractivity contribution in [2.75, 3.05) is 19.8 Å². The van der Waals surface area contributed by atoms with Crippen molar-refractivity contribution in [1.82, 2.24) is 14.7 Å². The number of hydrazine groups is 1. The third-order valence-electron chi connectivity index (χ3n) is 4.03. The van der Waals surface area contributed by atoms with Crippen LogP contribution in [0.1, 0.15) is 18.4 Å². The number of carbonyl (C=O) groups excluding carboxylic acids is 3. The van der Waals surface area contributed by atoms with Crippen LogP contribution in [0.15, 0.2) is 30.3 Å². The molecule has 9 nitrogen and oxygen atoms in total. The van der Waals surface area contributed by atoms with Crippen LogP contribution in [-0.4, -0.2) is 61.3 Å². The number of amides is 3. The summed E-state index contributed by atoms with van der Waals surface area (Å²) in [5.41, 5.74) is 7.66. The van der Waals surface area contributed by atoms with E-state index < -0.39 is 47.0 Å². The van der Waals surface area contributed by atoms with Crippen molar-refractivity contribution in [3.63, 3.8) is 0 Å². The molecule has 1 aromatic rings. The van der Waals surface area contributed by atoms with Crippen LogP contribution in [0.25, 0.3) is 0 Å². The largest absolute Gasteiger partial charge is 0.368 e. The van der Waals surface area contributed by atoms with Crippen molar-refractivity contribution in [3.8, 4) is 0 Å². The van der Waals surface area contributed by atoms with Crippen LogP contribution >= 0.6 is 0 Å². The lowest BCUT2D eigenvalue weighted by atomic mass is 10.2. The Kier molecular flexibility index (Phi) is 6.86. The van der Waals surface area contributed by atoms with E-state index >= 15 is 0 Å². The van der Waals surface area contributed by atoms with Gasteiger partial charge in [0.1, 0.15) is 12.6 Å². The van der Waals surface area contributed by atoms with Gasteiger partial charge in [-0.25, -0.2) is 17.8 Å². The number of halogens is 1.